The Kier molecular flexibility index (Phi) is 3.46. The summed E-state index contributed by atoms with van der Waals surface area (Å²) in [5, 5.41) is 0. The molecule has 2 nitrogen and oxygen atoms in total. The fourth-order valence-corrected chi connectivity index (χ4v) is 3.49. The number of piperidine rings is 1. The van der Waals surface area contributed by atoms with Crippen LogP contribution >= 0.6 is 0 Å². The smallest absolute Gasteiger partial charge is 0.134 e. The van der Waals surface area contributed by atoms with Crippen LogP contribution in [0.2, 0.25) is 0 Å². The van der Waals surface area contributed by atoms with Crippen LogP contribution in [0.1, 0.15) is 44.1 Å². The van der Waals surface area contributed by atoms with E-state index >= 15 is 0 Å². The Morgan fingerprint density at radius 2 is 1.83 bits per heavy atom. The van der Waals surface area contributed by atoms with Crippen LogP contribution in [0.25, 0.3) is 0 Å². The number of hydrogen-bond acceptors (Lipinski definition) is 2. The predicted molar refractivity (Wildman–Crippen MR) is 72.3 cm³/mol. The SMILES string of the molecule is O=C1CCC2CCCC(C1)N2Cc1ccccc1. The summed E-state index contributed by atoms with van der Waals surface area (Å²) in [5.41, 5.74) is 1.38. The lowest BCUT2D eigenvalue weighted by Crippen LogP contribution is -2.44. The second-order valence-electron chi connectivity index (χ2n) is 5.68. The largest absolute Gasteiger partial charge is 0.300 e. The number of ketones is 1. The second-order valence-corrected chi connectivity index (χ2v) is 5.68. The second kappa shape index (κ2) is 5.23. The first-order chi connectivity index (χ1) is 8.83. The Morgan fingerprint density at radius 1 is 1.06 bits per heavy atom. The lowest BCUT2D eigenvalue weighted by molar-refractivity contribution is -0.119. The monoisotopic (exact) mass is 243 g/mol. The summed E-state index contributed by atoms with van der Waals surface area (Å²) in [5.74, 6) is 0.475. The molecule has 0 amide bonds. The normalized spacial score (nSPS) is 29.0. The van der Waals surface area contributed by atoms with Gasteiger partial charge >= 0.3 is 0 Å². The van der Waals surface area contributed by atoms with Crippen molar-refractivity contribution in [2.24, 2.45) is 0 Å². The molecular formula is C16H21NO. The van der Waals surface area contributed by atoms with E-state index in [4.69, 9.17) is 0 Å². The van der Waals surface area contributed by atoms with Gasteiger partial charge in [0.15, 0.2) is 0 Å². The molecule has 1 aromatic rings. The molecule has 1 aromatic carbocycles. The minimum atomic E-state index is 0.475. The van der Waals surface area contributed by atoms with Crippen molar-refractivity contribution >= 4 is 5.78 Å². The van der Waals surface area contributed by atoms with Crippen molar-refractivity contribution in [3.8, 4) is 0 Å². The van der Waals surface area contributed by atoms with Crippen LogP contribution in [-0.2, 0) is 11.3 Å². The Balaban J connectivity index is 1.79. The molecule has 2 heteroatoms. The minimum Gasteiger partial charge on any atom is -0.300 e. The van der Waals surface area contributed by atoms with E-state index in [0.717, 1.165) is 25.8 Å². The van der Waals surface area contributed by atoms with Crippen LogP contribution in [0.15, 0.2) is 30.3 Å². The summed E-state index contributed by atoms with van der Waals surface area (Å²) in [6.45, 7) is 1.02. The third kappa shape index (κ3) is 2.49. The first-order valence-corrected chi connectivity index (χ1v) is 7.14. The molecule has 3 rings (SSSR count). The Labute approximate surface area is 109 Å². The first kappa shape index (κ1) is 11.9. The molecule has 2 aliphatic rings. The molecule has 2 aliphatic heterocycles. The summed E-state index contributed by atoms with van der Waals surface area (Å²) in [6.07, 6.45) is 6.43. The highest BCUT2D eigenvalue weighted by Crippen LogP contribution is 2.32. The summed E-state index contributed by atoms with van der Waals surface area (Å²) >= 11 is 0. The summed E-state index contributed by atoms with van der Waals surface area (Å²) in [7, 11) is 0. The van der Waals surface area contributed by atoms with Gasteiger partial charge in [0.1, 0.15) is 5.78 Å². The number of fused-ring (bicyclic) bond motifs is 2. The first-order valence-electron chi connectivity index (χ1n) is 7.14. The Morgan fingerprint density at radius 3 is 2.67 bits per heavy atom. The van der Waals surface area contributed by atoms with Crippen LogP contribution < -0.4 is 0 Å². The third-order valence-electron chi connectivity index (χ3n) is 4.44. The summed E-state index contributed by atoms with van der Waals surface area (Å²) in [6, 6.07) is 11.8. The molecular weight excluding hydrogens is 222 g/mol. The van der Waals surface area contributed by atoms with Gasteiger partial charge in [0.2, 0.25) is 0 Å². The van der Waals surface area contributed by atoms with Crippen molar-refractivity contribution in [1.82, 2.24) is 4.90 Å². The maximum atomic E-state index is 11.8. The molecule has 2 fully saturated rings. The van der Waals surface area contributed by atoms with Crippen molar-refractivity contribution in [2.45, 2.75) is 57.2 Å². The van der Waals surface area contributed by atoms with E-state index in [1.165, 1.54) is 24.8 Å². The zero-order valence-corrected chi connectivity index (χ0v) is 10.8. The van der Waals surface area contributed by atoms with Crippen LogP contribution in [0.3, 0.4) is 0 Å². The molecule has 0 saturated carbocycles. The van der Waals surface area contributed by atoms with Gasteiger partial charge in [-0.2, -0.15) is 0 Å². The Hall–Kier alpha value is -1.15. The van der Waals surface area contributed by atoms with Crippen molar-refractivity contribution in [3.63, 3.8) is 0 Å². The fraction of sp³-hybridized carbons (Fsp3) is 0.562. The maximum absolute atomic E-state index is 11.8. The minimum absolute atomic E-state index is 0.475. The number of rotatable bonds is 2. The molecule has 0 radical (unpaired) electrons. The van der Waals surface area contributed by atoms with Crippen LogP contribution in [0, 0.1) is 0 Å². The molecule has 2 heterocycles. The van der Waals surface area contributed by atoms with Gasteiger partial charge in [-0.15, -0.1) is 0 Å². The highest BCUT2D eigenvalue weighted by Gasteiger charge is 2.34. The van der Waals surface area contributed by atoms with Gasteiger partial charge in [-0.3, -0.25) is 9.69 Å². The molecule has 18 heavy (non-hydrogen) atoms. The summed E-state index contributed by atoms with van der Waals surface area (Å²) in [4.78, 5) is 14.4. The predicted octanol–water partition coefficient (Wildman–Crippen LogP) is 3.16. The lowest BCUT2D eigenvalue weighted by atomic mass is 9.93. The highest BCUT2D eigenvalue weighted by atomic mass is 16.1. The molecule has 2 atom stereocenters. The summed E-state index contributed by atoms with van der Waals surface area (Å²) < 4.78 is 0. The van der Waals surface area contributed by atoms with Crippen molar-refractivity contribution in [2.75, 3.05) is 0 Å². The van der Waals surface area contributed by atoms with E-state index in [1.807, 2.05) is 0 Å². The van der Waals surface area contributed by atoms with Crippen LogP contribution in [0.4, 0.5) is 0 Å². The topological polar surface area (TPSA) is 20.3 Å². The van der Waals surface area contributed by atoms with Crippen molar-refractivity contribution in [3.05, 3.63) is 35.9 Å². The number of carbonyl (C=O) groups excluding carboxylic acids is 1. The standard InChI is InChI=1S/C16H21NO/c18-16-10-9-14-7-4-8-15(11-16)17(14)12-13-5-2-1-3-6-13/h1-3,5-6,14-15H,4,7-12H2. The number of nitrogens with zero attached hydrogens (tertiary/aromatic N) is 1. The van der Waals surface area contributed by atoms with Crippen LogP contribution in [-0.4, -0.2) is 22.8 Å². The molecule has 2 unspecified atom stereocenters. The molecule has 0 aromatic heterocycles. The molecule has 2 bridgehead atoms. The quantitative estimate of drug-likeness (QED) is 0.795. The zero-order chi connectivity index (χ0) is 12.4. The van der Waals surface area contributed by atoms with E-state index < -0.39 is 0 Å². The van der Waals surface area contributed by atoms with Gasteiger partial charge in [-0.05, 0) is 24.8 Å². The van der Waals surface area contributed by atoms with E-state index in [2.05, 4.69) is 35.2 Å². The van der Waals surface area contributed by atoms with Crippen LogP contribution in [0.5, 0.6) is 0 Å². The molecule has 0 N–H and O–H groups in total. The molecule has 0 aliphatic carbocycles. The van der Waals surface area contributed by atoms with Gasteiger partial charge in [0, 0.05) is 31.5 Å². The van der Waals surface area contributed by atoms with Crippen molar-refractivity contribution in [1.29, 1.82) is 0 Å². The number of Topliss-reactive ketones (excluding diaryl/α,β-unsaturated/α-hetero) is 1. The Bertz CT molecular complexity index is 414. The van der Waals surface area contributed by atoms with Gasteiger partial charge in [-0.1, -0.05) is 36.8 Å². The van der Waals surface area contributed by atoms with E-state index in [-0.39, 0.29) is 0 Å². The van der Waals surface area contributed by atoms with E-state index in [1.54, 1.807) is 0 Å². The number of hydrogen-bond donors (Lipinski definition) is 0. The van der Waals surface area contributed by atoms with Gasteiger partial charge in [-0.25, -0.2) is 0 Å². The number of benzene rings is 1. The molecule has 96 valence electrons. The van der Waals surface area contributed by atoms with Gasteiger partial charge in [0.25, 0.3) is 0 Å². The van der Waals surface area contributed by atoms with Gasteiger partial charge in [0.05, 0.1) is 0 Å². The lowest BCUT2D eigenvalue weighted by Gasteiger charge is -2.40. The third-order valence-corrected chi connectivity index (χ3v) is 4.44. The molecule has 0 spiro atoms. The fourth-order valence-electron chi connectivity index (χ4n) is 3.49. The molecule has 2 saturated heterocycles. The highest BCUT2D eigenvalue weighted by molar-refractivity contribution is 5.79. The van der Waals surface area contributed by atoms with E-state index in [9.17, 15) is 4.79 Å². The maximum Gasteiger partial charge on any atom is 0.134 e. The zero-order valence-electron chi connectivity index (χ0n) is 10.8. The average molecular weight is 243 g/mol. The van der Waals surface area contributed by atoms with Gasteiger partial charge < -0.3 is 0 Å². The van der Waals surface area contributed by atoms with E-state index in [0.29, 0.717) is 17.9 Å². The van der Waals surface area contributed by atoms with Crippen molar-refractivity contribution < 1.29 is 4.79 Å². The average Bonchev–Trinajstić information content (AvgIpc) is 2.48. The number of carbonyl (C=O) groups is 1.